The number of carbonyl (C=O) groups is 2. The second-order valence-corrected chi connectivity index (χ2v) is 4.78. The summed E-state index contributed by atoms with van der Waals surface area (Å²) in [5.41, 5.74) is 0.490. The van der Waals surface area contributed by atoms with E-state index in [-0.39, 0.29) is 11.3 Å². The molecule has 1 N–H and O–H groups in total. The van der Waals surface area contributed by atoms with Gasteiger partial charge in [-0.25, -0.2) is 9.59 Å². The number of anilines is 1. The smallest absolute Gasteiger partial charge is 0.417 e. The minimum absolute atomic E-state index is 0.0813. The fourth-order valence-corrected chi connectivity index (χ4v) is 2.02. The zero-order valence-electron chi connectivity index (χ0n) is 12.5. The van der Waals surface area contributed by atoms with Crippen LogP contribution in [0.2, 0.25) is 5.02 Å². The third-order valence-electron chi connectivity index (χ3n) is 2.89. The van der Waals surface area contributed by atoms with Crippen molar-refractivity contribution in [3.8, 4) is 11.5 Å². The van der Waals surface area contributed by atoms with Gasteiger partial charge in [0.25, 0.3) is 0 Å². The minimum atomic E-state index is -0.790. The number of benzene rings is 2. The lowest BCUT2D eigenvalue weighted by Crippen LogP contribution is -2.19. The van der Waals surface area contributed by atoms with Crippen molar-refractivity contribution in [3.05, 3.63) is 53.1 Å². The number of ether oxygens (including phenoxy) is 3. The van der Waals surface area contributed by atoms with Gasteiger partial charge in [0, 0.05) is 5.02 Å². The summed E-state index contributed by atoms with van der Waals surface area (Å²) in [6.45, 7) is 0. The fourth-order valence-electron chi connectivity index (χ4n) is 1.85. The molecule has 2 aromatic carbocycles. The summed E-state index contributed by atoms with van der Waals surface area (Å²) in [6.07, 6.45) is -0.790. The second kappa shape index (κ2) is 7.51. The molecule has 0 unspecified atom stereocenters. The zero-order valence-corrected chi connectivity index (χ0v) is 13.2. The Morgan fingerprint density at radius 2 is 1.78 bits per heavy atom. The van der Waals surface area contributed by atoms with Gasteiger partial charge in [0.2, 0.25) is 0 Å². The molecule has 0 atom stereocenters. The summed E-state index contributed by atoms with van der Waals surface area (Å²) in [5.74, 6) is -0.0980. The Labute approximate surface area is 137 Å². The topological polar surface area (TPSA) is 73.9 Å². The number of hydrogen-bond donors (Lipinski definition) is 1. The van der Waals surface area contributed by atoms with E-state index < -0.39 is 12.1 Å². The molecule has 0 fully saturated rings. The van der Waals surface area contributed by atoms with Crippen LogP contribution in [0.25, 0.3) is 0 Å². The lowest BCUT2D eigenvalue weighted by molar-refractivity contribution is 0.0598. The van der Waals surface area contributed by atoms with Crippen LogP contribution in [0.4, 0.5) is 10.5 Å². The Morgan fingerprint density at radius 3 is 2.48 bits per heavy atom. The third kappa shape index (κ3) is 4.14. The van der Waals surface area contributed by atoms with Crippen molar-refractivity contribution in [1.82, 2.24) is 0 Å². The highest BCUT2D eigenvalue weighted by atomic mass is 35.5. The molecule has 0 aliphatic heterocycles. The van der Waals surface area contributed by atoms with Gasteiger partial charge >= 0.3 is 12.1 Å². The van der Waals surface area contributed by atoms with E-state index in [0.717, 1.165) is 0 Å². The molecule has 0 bridgehead atoms. The molecule has 120 valence electrons. The molecule has 0 spiro atoms. The van der Waals surface area contributed by atoms with Crippen LogP contribution in [-0.2, 0) is 4.74 Å². The van der Waals surface area contributed by atoms with E-state index in [9.17, 15) is 9.59 Å². The molecule has 2 rings (SSSR count). The van der Waals surface area contributed by atoms with Gasteiger partial charge in [-0.15, -0.1) is 0 Å². The molecular formula is C16H14ClNO5. The number of nitrogens with one attached hydrogen (secondary N) is 1. The number of para-hydroxylation sites is 1. The summed E-state index contributed by atoms with van der Waals surface area (Å²) >= 11 is 5.89. The molecule has 23 heavy (non-hydrogen) atoms. The van der Waals surface area contributed by atoms with Gasteiger partial charge in [0.15, 0.2) is 0 Å². The molecule has 0 saturated heterocycles. The number of amides is 1. The molecule has 6 nitrogen and oxygen atoms in total. The molecule has 0 aliphatic rings. The summed E-state index contributed by atoms with van der Waals surface area (Å²) in [6, 6.07) is 11.0. The van der Waals surface area contributed by atoms with Gasteiger partial charge in [-0.2, -0.15) is 0 Å². The van der Waals surface area contributed by atoms with Crippen molar-refractivity contribution in [2.45, 2.75) is 0 Å². The van der Waals surface area contributed by atoms with Crippen LogP contribution in [0.3, 0.4) is 0 Å². The van der Waals surface area contributed by atoms with Crippen LogP contribution in [-0.4, -0.2) is 26.3 Å². The maximum atomic E-state index is 12.0. The second-order valence-electron chi connectivity index (χ2n) is 4.35. The number of esters is 1. The average Bonchev–Trinajstić information content (AvgIpc) is 2.55. The summed E-state index contributed by atoms with van der Waals surface area (Å²) < 4.78 is 14.9. The van der Waals surface area contributed by atoms with Crippen molar-refractivity contribution in [2.75, 3.05) is 19.5 Å². The first kappa shape index (κ1) is 16.6. The van der Waals surface area contributed by atoms with Gasteiger partial charge in [-0.3, -0.25) is 5.32 Å². The van der Waals surface area contributed by atoms with Crippen molar-refractivity contribution in [3.63, 3.8) is 0 Å². The maximum absolute atomic E-state index is 12.0. The molecule has 0 aromatic heterocycles. The number of rotatable bonds is 4. The molecule has 2 aromatic rings. The van der Waals surface area contributed by atoms with Crippen LogP contribution in [0.1, 0.15) is 10.4 Å². The number of halogens is 1. The maximum Gasteiger partial charge on any atom is 0.417 e. The lowest BCUT2D eigenvalue weighted by Gasteiger charge is -2.12. The molecule has 0 radical (unpaired) electrons. The minimum Gasteiger partial charge on any atom is -0.495 e. The monoisotopic (exact) mass is 335 g/mol. The first-order valence-corrected chi connectivity index (χ1v) is 6.92. The predicted octanol–water partition coefficient (Wildman–Crippen LogP) is 3.75. The van der Waals surface area contributed by atoms with E-state index in [1.165, 1.54) is 32.4 Å². The average molecular weight is 336 g/mol. The number of carbonyl (C=O) groups excluding carboxylic acids is 2. The predicted molar refractivity (Wildman–Crippen MR) is 85.4 cm³/mol. The van der Waals surface area contributed by atoms with Gasteiger partial charge in [-0.05, 0) is 30.3 Å². The highest BCUT2D eigenvalue weighted by Crippen LogP contribution is 2.28. The Kier molecular flexibility index (Phi) is 5.43. The SMILES string of the molecule is COC(=O)c1ccccc1OC(=O)Nc1cc(Cl)ccc1OC. The van der Waals surface area contributed by atoms with E-state index in [1.54, 1.807) is 24.3 Å². The van der Waals surface area contributed by atoms with E-state index in [1.807, 2.05) is 0 Å². The summed E-state index contributed by atoms with van der Waals surface area (Å²) in [4.78, 5) is 23.7. The van der Waals surface area contributed by atoms with Crippen molar-refractivity contribution in [2.24, 2.45) is 0 Å². The Bertz CT molecular complexity index is 732. The van der Waals surface area contributed by atoms with Crippen molar-refractivity contribution >= 4 is 29.4 Å². The summed E-state index contributed by atoms with van der Waals surface area (Å²) in [7, 11) is 2.71. The number of hydrogen-bond acceptors (Lipinski definition) is 5. The number of methoxy groups -OCH3 is 2. The first-order valence-electron chi connectivity index (χ1n) is 6.55. The Balaban J connectivity index is 2.18. The van der Waals surface area contributed by atoms with E-state index in [2.05, 4.69) is 10.1 Å². The molecule has 7 heteroatoms. The molecule has 0 saturated carbocycles. The zero-order chi connectivity index (χ0) is 16.8. The first-order chi connectivity index (χ1) is 11.0. The van der Waals surface area contributed by atoms with Gasteiger partial charge in [0.05, 0.1) is 19.9 Å². The Morgan fingerprint density at radius 1 is 1.04 bits per heavy atom. The molecule has 0 aliphatic carbocycles. The van der Waals surface area contributed by atoms with E-state index in [0.29, 0.717) is 16.5 Å². The fraction of sp³-hybridized carbons (Fsp3) is 0.125. The highest BCUT2D eigenvalue weighted by molar-refractivity contribution is 6.31. The van der Waals surface area contributed by atoms with Crippen LogP contribution in [0.15, 0.2) is 42.5 Å². The highest BCUT2D eigenvalue weighted by Gasteiger charge is 2.16. The van der Waals surface area contributed by atoms with E-state index in [4.69, 9.17) is 21.1 Å². The lowest BCUT2D eigenvalue weighted by atomic mass is 10.2. The van der Waals surface area contributed by atoms with Crippen molar-refractivity contribution < 1.29 is 23.8 Å². The molecule has 1 amide bonds. The van der Waals surface area contributed by atoms with Crippen LogP contribution in [0, 0.1) is 0 Å². The third-order valence-corrected chi connectivity index (χ3v) is 3.13. The van der Waals surface area contributed by atoms with Gasteiger partial charge in [0.1, 0.15) is 17.1 Å². The van der Waals surface area contributed by atoms with Crippen LogP contribution < -0.4 is 14.8 Å². The normalized spacial score (nSPS) is 9.87. The molecule has 0 heterocycles. The van der Waals surface area contributed by atoms with Gasteiger partial charge in [-0.1, -0.05) is 23.7 Å². The van der Waals surface area contributed by atoms with Crippen LogP contribution >= 0.6 is 11.6 Å². The van der Waals surface area contributed by atoms with Crippen LogP contribution in [0.5, 0.6) is 11.5 Å². The van der Waals surface area contributed by atoms with E-state index >= 15 is 0 Å². The molecular weight excluding hydrogens is 322 g/mol. The summed E-state index contributed by atoms with van der Waals surface area (Å²) in [5, 5.41) is 2.94. The Hall–Kier alpha value is -2.73. The van der Waals surface area contributed by atoms with Gasteiger partial charge < -0.3 is 14.2 Å². The van der Waals surface area contributed by atoms with Crippen molar-refractivity contribution in [1.29, 1.82) is 0 Å². The standard InChI is InChI=1S/C16H14ClNO5/c1-21-14-8-7-10(17)9-12(14)18-16(20)23-13-6-4-3-5-11(13)15(19)22-2/h3-9H,1-2H3,(H,18,20). The quantitative estimate of drug-likeness (QED) is 0.861. The largest absolute Gasteiger partial charge is 0.495 e.